The summed E-state index contributed by atoms with van der Waals surface area (Å²) in [6.07, 6.45) is 3.55. The van der Waals surface area contributed by atoms with Crippen molar-refractivity contribution < 1.29 is 28.2 Å². The third-order valence-electron chi connectivity index (χ3n) is 6.00. The monoisotopic (exact) mass is 504 g/mol. The molecule has 3 rings (SSSR count). The fraction of sp³-hybridized carbons (Fsp3) is 0.577. The molecule has 1 aromatic heterocycles. The van der Waals surface area contributed by atoms with E-state index in [-0.39, 0.29) is 30.3 Å². The summed E-state index contributed by atoms with van der Waals surface area (Å²) in [6, 6.07) is 4.61. The number of methoxy groups -OCH3 is 1. The zero-order valence-corrected chi connectivity index (χ0v) is 21.7. The number of aromatic nitrogens is 2. The van der Waals surface area contributed by atoms with Gasteiger partial charge in [0.1, 0.15) is 11.6 Å². The van der Waals surface area contributed by atoms with Gasteiger partial charge < -0.3 is 24.1 Å². The van der Waals surface area contributed by atoms with Crippen LogP contribution >= 0.6 is 0 Å². The topological polar surface area (TPSA) is 104 Å². The van der Waals surface area contributed by atoms with Gasteiger partial charge in [0.25, 0.3) is 0 Å². The molecule has 0 aliphatic heterocycles. The molecule has 1 aromatic carbocycles. The van der Waals surface area contributed by atoms with E-state index in [0.717, 1.165) is 31.5 Å². The Morgan fingerprint density at radius 1 is 1.08 bits per heavy atom. The summed E-state index contributed by atoms with van der Waals surface area (Å²) in [4.78, 5) is 28.5. The van der Waals surface area contributed by atoms with E-state index in [0.29, 0.717) is 30.1 Å². The summed E-state index contributed by atoms with van der Waals surface area (Å²) in [5.74, 6) is 0.594. The normalized spacial score (nSPS) is 17.8. The van der Waals surface area contributed by atoms with Crippen molar-refractivity contribution in [2.45, 2.75) is 84.1 Å². The van der Waals surface area contributed by atoms with Crippen LogP contribution in [0.25, 0.3) is 11.3 Å². The molecule has 0 bridgehead atoms. The number of halogens is 1. The zero-order chi connectivity index (χ0) is 26.2. The van der Waals surface area contributed by atoms with Crippen molar-refractivity contribution in [2.75, 3.05) is 19.0 Å². The first-order valence-electron chi connectivity index (χ1n) is 12.5. The van der Waals surface area contributed by atoms with Crippen LogP contribution in [0, 0.1) is 5.82 Å². The second kappa shape index (κ2) is 12.7. The highest BCUT2D eigenvalue weighted by molar-refractivity contribution is 5.85. The third-order valence-corrected chi connectivity index (χ3v) is 6.00. The fourth-order valence-electron chi connectivity index (χ4n) is 4.42. The number of hydrogen-bond donors (Lipinski definition) is 2. The lowest BCUT2D eigenvalue weighted by Gasteiger charge is -2.29. The highest BCUT2D eigenvalue weighted by atomic mass is 19.1. The number of carbonyl (C=O) groups excluding carboxylic acids is 2. The van der Waals surface area contributed by atoms with Crippen LogP contribution in [-0.2, 0) is 20.8 Å². The van der Waals surface area contributed by atoms with Gasteiger partial charge in [-0.05, 0) is 71.6 Å². The van der Waals surface area contributed by atoms with E-state index in [1.54, 1.807) is 39.3 Å². The van der Waals surface area contributed by atoms with Crippen molar-refractivity contribution in [3.8, 4) is 11.3 Å². The van der Waals surface area contributed by atoms with Crippen molar-refractivity contribution in [3.63, 3.8) is 0 Å². The summed E-state index contributed by atoms with van der Waals surface area (Å²) in [5.41, 5.74) is 1.35. The summed E-state index contributed by atoms with van der Waals surface area (Å²) >= 11 is 0. The third kappa shape index (κ3) is 7.43. The standard InChI is InChI=1S/C26H37FN4O5/c1-16(2)35-25(32)29-19-8-6-18(7-9-19)24-28-15-23(31(24)12-13-34-5)21-11-10-20(14-22(21)27)30-26(33)36-17(3)4/h10-11,14-19H,6-9,12-13H2,1-5H3,(H,29,32)(H,30,33). The molecule has 36 heavy (non-hydrogen) atoms. The molecule has 2 amide bonds. The zero-order valence-electron chi connectivity index (χ0n) is 21.7. The number of rotatable bonds is 9. The first-order valence-corrected chi connectivity index (χ1v) is 12.5. The number of nitrogens with one attached hydrogen (secondary N) is 2. The highest BCUT2D eigenvalue weighted by Crippen LogP contribution is 2.35. The SMILES string of the molecule is COCCn1c(-c2ccc(NC(=O)OC(C)C)cc2F)cnc1C1CCC(NC(=O)OC(C)C)CC1. The van der Waals surface area contributed by atoms with E-state index >= 15 is 4.39 Å². The number of nitrogens with zero attached hydrogens (tertiary/aromatic N) is 2. The molecule has 1 fully saturated rings. The van der Waals surface area contributed by atoms with E-state index < -0.39 is 11.9 Å². The minimum atomic E-state index is -0.632. The molecule has 1 aliphatic rings. The largest absolute Gasteiger partial charge is 0.447 e. The quantitative estimate of drug-likeness (QED) is 0.470. The van der Waals surface area contributed by atoms with Gasteiger partial charge in [-0.2, -0.15) is 0 Å². The van der Waals surface area contributed by atoms with Crippen LogP contribution in [0.15, 0.2) is 24.4 Å². The number of imidazole rings is 1. The van der Waals surface area contributed by atoms with Crippen molar-refractivity contribution in [1.29, 1.82) is 0 Å². The maximum atomic E-state index is 15.1. The minimum absolute atomic E-state index is 0.0641. The molecular weight excluding hydrogens is 467 g/mol. The Bertz CT molecular complexity index is 1030. The molecule has 9 nitrogen and oxygen atoms in total. The van der Waals surface area contributed by atoms with Gasteiger partial charge in [0.2, 0.25) is 0 Å². The van der Waals surface area contributed by atoms with E-state index in [1.165, 1.54) is 6.07 Å². The van der Waals surface area contributed by atoms with Crippen molar-refractivity contribution in [3.05, 3.63) is 36.0 Å². The lowest BCUT2D eigenvalue weighted by molar-refractivity contribution is 0.109. The second-order valence-corrected chi connectivity index (χ2v) is 9.57. The van der Waals surface area contributed by atoms with Crippen LogP contribution in [0.1, 0.15) is 65.1 Å². The predicted molar refractivity (Wildman–Crippen MR) is 134 cm³/mol. The first-order chi connectivity index (χ1) is 17.2. The van der Waals surface area contributed by atoms with E-state index in [4.69, 9.17) is 14.2 Å². The lowest BCUT2D eigenvalue weighted by Crippen LogP contribution is -2.38. The van der Waals surface area contributed by atoms with Crippen LogP contribution in [0.5, 0.6) is 0 Å². The molecule has 0 radical (unpaired) electrons. The fourth-order valence-corrected chi connectivity index (χ4v) is 4.42. The Morgan fingerprint density at radius 2 is 1.75 bits per heavy atom. The van der Waals surface area contributed by atoms with Crippen LogP contribution in [-0.4, -0.2) is 53.7 Å². The molecule has 0 spiro atoms. The molecule has 1 saturated carbocycles. The van der Waals surface area contributed by atoms with Gasteiger partial charge in [-0.3, -0.25) is 5.32 Å². The summed E-state index contributed by atoms with van der Waals surface area (Å²) < 4.78 is 32.7. The Labute approximate surface area is 211 Å². The van der Waals surface area contributed by atoms with Crippen molar-refractivity contribution in [1.82, 2.24) is 14.9 Å². The number of alkyl carbamates (subject to hydrolysis) is 1. The van der Waals surface area contributed by atoms with Gasteiger partial charge in [-0.25, -0.2) is 19.0 Å². The number of carbonyl (C=O) groups is 2. The molecule has 10 heteroatoms. The van der Waals surface area contributed by atoms with Crippen LogP contribution in [0.2, 0.25) is 0 Å². The molecule has 2 aromatic rings. The van der Waals surface area contributed by atoms with Gasteiger partial charge in [0, 0.05) is 36.9 Å². The second-order valence-electron chi connectivity index (χ2n) is 9.57. The number of anilines is 1. The Balaban J connectivity index is 1.75. The smallest absolute Gasteiger partial charge is 0.411 e. The Kier molecular flexibility index (Phi) is 9.69. The van der Waals surface area contributed by atoms with E-state index in [1.807, 2.05) is 18.4 Å². The maximum Gasteiger partial charge on any atom is 0.411 e. The minimum Gasteiger partial charge on any atom is -0.447 e. The van der Waals surface area contributed by atoms with Gasteiger partial charge in [-0.1, -0.05) is 0 Å². The maximum absolute atomic E-state index is 15.1. The summed E-state index contributed by atoms with van der Waals surface area (Å²) in [6.45, 7) is 8.11. The number of ether oxygens (including phenoxy) is 3. The van der Waals surface area contributed by atoms with Gasteiger partial charge in [0.05, 0.1) is 30.7 Å². The van der Waals surface area contributed by atoms with Gasteiger partial charge >= 0.3 is 12.2 Å². The predicted octanol–water partition coefficient (Wildman–Crippen LogP) is 5.45. The molecule has 0 saturated heterocycles. The van der Waals surface area contributed by atoms with E-state index in [2.05, 4.69) is 15.6 Å². The Morgan fingerprint density at radius 3 is 2.36 bits per heavy atom. The average Bonchev–Trinajstić information content (AvgIpc) is 3.20. The number of benzene rings is 1. The average molecular weight is 505 g/mol. The molecular formula is C26H37FN4O5. The van der Waals surface area contributed by atoms with Gasteiger partial charge in [-0.15, -0.1) is 0 Å². The van der Waals surface area contributed by atoms with Crippen molar-refractivity contribution in [2.24, 2.45) is 0 Å². The van der Waals surface area contributed by atoms with Crippen LogP contribution in [0.4, 0.5) is 19.7 Å². The van der Waals surface area contributed by atoms with Crippen LogP contribution < -0.4 is 10.6 Å². The number of amides is 2. The summed E-state index contributed by atoms with van der Waals surface area (Å²) in [5, 5.41) is 5.49. The number of hydrogen-bond acceptors (Lipinski definition) is 6. The van der Waals surface area contributed by atoms with E-state index in [9.17, 15) is 9.59 Å². The van der Waals surface area contributed by atoms with Gasteiger partial charge in [0.15, 0.2) is 0 Å². The molecule has 198 valence electrons. The van der Waals surface area contributed by atoms with Crippen LogP contribution in [0.3, 0.4) is 0 Å². The molecule has 1 heterocycles. The first kappa shape index (κ1) is 27.4. The molecule has 2 N–H and O–H groups in total. The molecule has 1 aliphatic carbocycles. The lowest BCUT2D eigenvalue weighted by atomic mass is 9.85. The molecule has 0 atom stereocenters. The Hall–Kier alpha value is -3.14. The summed E-state index contributed by atoms with van der Waals surface area (Å²) in [7, 11) is 1.63. The molecule has 0 unspecified atom stereocenters. The van der Waals surface area contributed by atoms with Crippen molar-refractivity contribution >= 4 is 17.9 Å². The highest BCUT2D eigenvalue weighted by Gasteiger charge is 2.28.